The summed E-state index contributed by atoms with van der Waals surface area (Å²) >= 11 is 0. The molecule has 1 aromatic heterocycles. The van der Waals surface area contributed by atoms with E-state index in [0.29, 0.717) is 25.9 Å². The highest BCUT2D eigenvalue weighted by Gasteiger charge is 2.13. The van der Waals surface area contributed by atoms with Gasteiger partial charge in [-0.05, 0) is 36.7 Å². The molecule has 3 rings (SSSR count). The van der Waals surface area contributed by atoms with E-state index in [1.807, 2.05) is 43.3 Å². The van der Waals surface area contributed by atoms with E-state index in [1.54, 1.807) is 0 Å². The van der Waals surface area contributed by atoms with Crippen LogP contribution in [0.1, 0.15) is 19.2 Å². The molecule has 0 fully saturated rings. The standard InChI is InChI=1S/C20H24N4O/c1-15(13-21)14-22-20(25)12-11-19-23-17-9-5-6-10-18(17)24(19)16-7-3-2-4-8-16/h2-10,15H,11-14,21H2,1H3,(H,22,25). The lowest BCUT2D eigenvalue weighted by atomic mass is 10.2. The largest absolute Gasteiger partial charge is 0.356 e. The number of carbonyl (C=O) groups is 1. The minimum atomic E-state index is 0.0342. The summed E-state index contributed by atoms with van der Waals surface area (Å²) in [6.45, 7) is 3.21. The molecule has 0 radical (unpaired) electrons. The lowest BCUT2D eigenvalue weighted by molar-refractivity contribution is -0.121. The molecule has 5 heteroatoms. The summed E-state index contributed by atoms with van der Waals surface area (Å²) in [5.74, 6) is 1.22. The molecule has 3 N–H and O–H groups in total. The second-order valence-corrected chi connectivity index (χ2v) is 6.33. The topological polar surface area (TPSA) is 72.9 Å². The predicted octanol–water partition coefficient (Wildman–Crippen LogP) is 2.67. The van der Waals surface area contributed by atoms with Crippen LogP contribution in [-0.2, 0) is 11.2 Å². The van der Waals surface area contributed by atoms with Gasteiger partial charge in [-0.15, -0.1) is 0 Å². The van der Waals surface area contributed by atoms with Gasteiger partial charge in [-0.25, -0.2) is 4.98 Å². The van der Waals surface area contributed by atoms with Crippen LogP contribution in [0, 0.1) is 5.92 Å². The second kappa shape index (κ2) is 7.94. The van der Waals surface area contributed by atoms with Crippen LogP contribution in [0.15, 0.2) is 54.6 Å². The smallest absolute Gasteiger partial charge is 0.220 e. The number of imidazole rings is 1. The third-order valence-corrected chi connectivity index (χ3v) is 4.27. The van der Waals surface area contributed by atoms with Gasteiger partial charge in [0.1, 0.15) is 5.82 Å². The molecule has 0 aliphatic heterocycles. The van der Waals surface area contributed by atoms with Crippen LogP contribution in [-0.4, -0.2) is 28.5 Å². The van der Waals surface area contributed by atoms with Crippen molar-refractivity contribution < 1.29 is 4.79 Å². The average molecular weight is 336 g/mol. The van der Waals surface area contributed by atoms with Gasteiger partial charge in [-0.3, -0.25) is 9.36 Å². The molecule has 0 bridgehead atoms. The minimum Gasteiger partial charge on any atom is -0.356 e. The number of aromatic nitrogens is 2. The number of amides is 1. The van der Waals surface area contributed by atoms with E-state index in [4.69, 9.17) is 10.7 Å². The van der Waals surface area contributed by atoms with E-state index in [9.17, 15) is 4.79 Å². The molecule has 1 atom stereocenters. The SMILES string of the molecule is CC(CN)CNC(=O)CCc1nc2ccccc2n1-c1ccccc1. The quantitative estimate of drug-likeness (QED) is 0.697. The Kier molecular flexibility index (Phi) is 5.46. The average Bonchev–Trinajstić information content (AvgIpc) is 3.03. The fourth-order valence-electron chi connectivity index (χ4n) is 2.79. The third-order valence-electron chi connectivity index (χ3n) is 4.27. The molecular weight excluding hydrogens is 312 g/mol. The predicted molar refractivity (Wildman–Crippen MR) is 101 cm³/mol. The lowest BCUT2D eigenvalue weighted by Crippen LogP contribution is -2.31. The van der Waals surface area contributed by atoms with Crippen molar-refractivity contribution in [2.45, 2.75) is 19.8 Å². The van der Waals surface area contributed by atoms with Gasteiger partial charge in [0.15, 0.2) is 0 Å². The van der Waals surface area contributed by atoms with Crippen LogP contribution in [0.25, 0.3) is 16.7 Å². The first-order valence-electron chi connectivity index (χ1n) is 8.67. The van der Waals surface area contributed by atoms with E-state index in [0.717, 1.165) is 22.5 Å². The number of nitrogens with two attached hydrogens (primary N) is 1. The van der Waals surface area contributed by atoms with Crippen molar-refractivity contribution in [3.8, 4) is 5.69 Å². The lowest BCUT2D eigenvalue weighted by Gasteiger charge is -2.11. The number of carbonyl (C=O) groups excluding carboxylic acids is 1. The Morgan fingerprint density at radius 3 is 2.64 bits per heavy atom. The van der Waals surface area contributed by atoms with Crippen molar-refractivity contribution in [1.29, 1.82) is 0 Å². The molecule has 0 saturated heterocycles. The van der Waals surface area contributed by atoms with E-state index in [2.05, 4.69) is 28.1 Å². The van der Waals surface area contributed by atoms with Gasteiger partial charge >= 0.3 is 0 Å². The molecular formula is C20H24N4O. The highest BCUT2D eigenvalue weighted by atomic mass is 16.1. The van der Waals surface area contributed by atoms with Crippen molar-refractivity contribution in [3.05, 3.63) is 60.4 Å². The van der Waals surface area contributed by atoms with Gasteiger partial charge < -0.3 is 11.1 Å². The number of para-hydroxylation sites is 3. The monoisotopic (exact) mass is 336 g/mol. The van der Waals surface area contributed by atoms with Gasteiger partial charge in [0.2, 0.25) is 5.91 Å². The van der Waals surface area contributed by atoms with Crippen LogP contribution >= 0.6 is 0 Å². The molecule has 0 aliphatic carbocycles. The Morgan fingerprint density at radius 2 is 1.88 bits per heavy atom. The molecule has 5 nitrogen and oxygen atoms in total. The molecule has 1 amide bonds. The fourth-order valence-corrected chi connectivity index (χ4v) is 2.79. The Labute approximate surface area is 147 Å². The maximum absolute atomic E-state index is 12.1. The normalized spacial score (nSPS) is 12.2. The molecule has 0 aliphatic rings. The Balaban J connectivity index is 1.81. The van der Waals surface area contributed by atoms with Gasteiger partial charge in [0, 0.05) is 25.1 Å². The van der Waals surface area contributed by atoms with Crippen molar-refractivity contribution >= 4 is 16.9 Å². The number of benzene rings is 2. The Morgan fingerprint density at radius 1 is 1.16 bits per heavy atom. The third kappa shape index (κ3) is 4.06. The summed E-state index contributed by atoms with van der Waals surface area (Å²) in [6, 6.07) is 18.2. The zero-order valence-electron chi connectivity index (χ0n) is 14.5. The number of fused-ring (bicyclic) bond motifs is 1. The number of nitrogens with zero attached hydrogens (tertiary/aromatic N) is 2. The number of nitrogens with one attached hydrogen (secondary N) is 1. The highest BCUT2D eigenvalue weighted by molar-refractivity contribution is 5.79. The molecule has 1 unspecified atom stereocenters. The number of rotatable bonds is 7. The van der Waals surface area contributed by atoms with E-state index >= 15 is 0 Å². The summed E-state index contributed by atoms with van der Waals surface area (Å²) in [6.07, 6.45) is 1.000. The zero-order chi connectivity index (χ0) is 17.6. The first kappa shape index (κ1) is 17.2. The summed E-state index contributed by atoms with van der Waals surface area (Å²) in [5, 5.41) is 2.94. The number of aryl methyl sites for hydroxylation is 1. The Hall–Kier alpha value is -2.66. The van der Waals surface area contributed by atoms with Crippen molar-refractivity contribution in [2.75, 3.05) is 13.1 Å². The maximum Gasteiger partial charge on any atom is 0.220 e. The molecule has 3 aromatic rings. The van der Waals surface area contributed by atoms with Crippen LogP contribution in [0.5, 0.6) is 0 Å². The minimum absolute atomic E-state index is 0.0342. The molecule has 25 heavy (non-hydrogen) atoms. The second-order valence-electron chi connectivity index (χ2n) is 6.33. The number of hydrogen-bond donors (Lipinski definition) is 2. The molecule has 0 spiro atoms. The first-order chi connectivity index (χ1) is 12.2. The zero-order valence-corrected chi connectivity index (χ0v) is 14.5. The van der Waals surface area contributed by atoms with Crippen LogP contribution < -0.4 is 11.1 Å². The van der Waals surface area contributed by atoms with Crippen LogP contribution in [0.2, 0.25) is 0 Å². The summed E-state index contributed by atoms with van der Waals surface area (Å²) in [7, 11) is 0. The van der Waals surface area contributed by atoms with Crippen molar-refractivity contribution in [1.82, 2.24) is 14.9 Å². The van der Waals surface area contributed by atoms with Gasteiger partial charge in [0.05, 0.1) is 11.0 Å². The fraction of sp³-hybridized carbons (Fsp3) is 0.300. The summed E-state index contributed by atoms with van der Waals surface area (Å²) in [5.41, 5.74) is 8.64. The molecule has 2 aromatic carbocycles. The summed E-state index contributed by atoms with van der Waals surface area (Å²) < 4.78 is 2.13. The first-order valence-corrected chi connectivity index (χ1v) is 8.67. The van der Waals surface area contributed by atoms with Gasteiger partial charge in [-0.1, -0.05) is 37.3 Å². The van der Waals surface area contributed by atoms with Crippen molar-refractivity contribution in [2.24, 2.45) is 11.7 Å². The Bertz CT molecular complexity index is 841. The highest BCUT2D eigenvalue weighted by Crippen LogP contribution is 2.22. The van der Waals surface area contributed by atoms with Crippen LogP contribution in [0.3, 0.4) is 0 Å². The summed E-state index contributed by atoms with van der Waals surface area (Å²) in [4.78, 5) is 16.8. The number of hydrogen-bond acceptors (Lipinski definition) is 3. The van der Waals surface area contributed by atoms with Gasteiger partial charge in [-0.2, -0.15) is 0 Å². The van der Waals surface area contributed by atoms with E-state index in [-0.39, 0.29) is 11.8 Å². The molecule has 0 saturated carbocycles. The van der Waals surface area contributed by atoms with E-state index < -0.39 is 0 Å². The van der Waals surface area contributed by atoms with Crippen LogP contribution in [0.4, 0.5) is 0 Å². The maximum atomic E-state index is 12.1. The van der Waals surface area contributed by atoms with E-state index in [1.165, 1.54) is 0 Å². The molecule has 1 heterocycles. The van der Waals surface area contributed by atoms with Gasteiger partial charge in [0.25, 0.3) is 0 Å². The molecule has 130 valence electrons. The van der Waals surface area contributed by atoms with Crippen molar-refractivity contribution in [3.63, 3.8) is 0 Å².